The van der Waals surface area contributed by atoms with E-state index in [9.17, 15) is 0 Å². The van der Waals surface area contributed by atoms with Crippen LogP contribution < -0.4 is 5.32 Å². The smallest absolute Gasteiger partial charge is 0.0658 e. The van der Waals surface area contributed by atoms with E-state index >= 15 is 0 Å². The number of nitrogens with one attached hydrogen (secondary N) is 1. The van der Waals surface area contributed by atoms with Gasteiger partial charge >= 0.3 is 0 Å². The monoisotopic (exact) mass is 252 g/mol. The predicted octanol–water partition coefficient (Wildman–Crippen LogP) is 0.713. The lowest BCUT2D eigenvalue weighted by atomic mass is 10.0. The van der Waals surface area contributed by atoms with Gasteiger partial charge in [0.15, 0.2) is 0 Å². The summed E-state index contributed by atoms with van der Waals surface area (Å²) in [6, 6.07) is 0. The van der Waals surface area contributed by atoms with Crippen LogP contribution in [0.15, 0.2) is 12.4 Å². The SMILES string of the molecule is COCCn1cc(CN2CCNC(C)(C)C2)cn1. The fourth-order valence-corrected chi connectivity index (χ4v) is 2.43. The number of methoxy groups -OCH3 is 1. The molecule has 18 heavy (non-hydrogen) atoms. The van der Waals surface area contributed by atoms with Gasteiger partial charge in [-0.1, -0.05) is 0 Å². The maximum atomic E-state index is 5.05. The van der Waals surface area contributed by atoms with Crippen molar-refractivity contribution in [3.05, 3.63) is 18.0 Å². The molecule has 1 aromatic rings. The van der Waals surface area contributed by atoms with Crippen LogP contribution in [0.2, 0.25) is 0 Å². The maximum absolute atomic E-state index is 5.05. The lowest BCUT2D eigenvalue weighted by Crippen LogP contribution is -2.56. The predicted molar refractivity (Wildman–Crippen MR) is 71.5 cm³/mol. The van der Waals surface area contributed by atoms with Gasteiger partial charge < -0.3 is 10.1 Å². The van der Waals surface area contributed by atoms with E-state index in [1.54, 1.807) is 7.11 Å². The second-order valence-corrected chi connectivity index (χ2v) is 5.63. The molecule has 0 unspecified atom stereocenters. The van der Waals surface area contributed by atoms with E-state index < -0.39 is 0 Å². The molecule has 0 amide bonds. The number of aromatic nitrogens is 2. The Morgan fingerprint density at radius 3 is 3.06 bits per heavy atom. The van der Waals surface area contributed by atoms with Crippen LogP contribution in [0.25, 0.3) is 0 Å². The van der Waals surface area contributed by atoms with Gasteiger partial charge in [0.1, 0.15) is 0 Å². The van der Waals surface area contributed by atoms with Crippen molar-refractivity contribution in [1.82, 2.24) is 20.0 Å². The molecule has 0 bridgehead atoms. The highest BCUT2D eigenvalue weighted by atomic mass is 16.5. The molecule has 5 nitrogen and oxygen atoms in total. The molecule has 1 N–H and O–H groups in total. The first kappa shape index (κ1) is 13.5. The van der Waals surface area contributed by atoms with E-state index in [0.717, 1.165) is 32.7 Å². The normalized spacial score (nSPS) is 20.2. The van der Waals surface area contributed by atoms with Crippen LogP contribution in [0.5, 0.6) is 0 Å². The molecule has 2 rings (SSSR count). The highest BCUT2D eigenvalue weighted by molar-refractivity contribution is 5.04. The van der Waals surface area contributed by atoms with Gasteiger partial charge in [0, 0.05) is 50.6 Å². The zero-order chi connectivity index (χ0) is 13.0. The minimum atomic E-state index is 0.213. The molecular formula is C13H24N4O. The second-order valence-electron chi connectivity index (χ2n) is 5.63. The van der Waals surface area contributed by atoms with E-state index in [-0.39, 0.29) is 5.54 Å². The summed E-state index contributed by atoms with van der Waals surface area (Å²) in [7, 11) is 1.72. The highest BCUT2D eigenvalue weighted by Crippen LogP contribution is 2.13. The van der Waals surface area contributed by atoms with Gasteiger partial charge in [-0.3, -0.25) is 9.58 Å². The molecule has 2 heterocycles. The van der Waals surface area contributed by atoms with Gasteiger partial charge in [-0.15, -0.1) is 0 Å². The minimum Gasteiger partial charge on any atom is -0.383 e. The first-order chi connectivity index (χ1) is 8.59. The van der Waals surface area contributed by atoms with Gasteiger partial charge in [0.25, 0.3) is 0 Å². The summed E-state index contributed by atoms with van der Waals surface area (Å²) in [4.78, 5) is 2.48. The zero-order valence-corrected chi connectivity index (χ0v) is 11.6. The average Bonchev–Trinajstić information content (AvgIpc) is 2.73. The maximum Gasteiger partial charge on any atom is 0.0658 e. The van der Waals surface area contributed by atoms with Gasteiger partial charge in [0.2, 0.25) is 0 Å². The molecular weight excluding hydrogens is 228 g/mol. The topological polar surface area (TPSA) is 42.3 Å². The fourth-order valence-electron chi connectivity index (χ4n) is 2.43. The molecule has 0 saturated carbocycles. The number of ether oxygens (including phenoxy) is 1. The Morgan fingerprint density at radius 2 is 2.33 bits per heavy atom. The summed E-state index contributed by atoms with van der Waals surface area (Å²) >= 11 is 0. The largest absolute Gasteiger partial charge is 0.383 e. The average molecular weight is 252 g/mol. The van der Waals surface area contributed by atoms with Gasteiger partial charge in [-0.25, -0.2) is 0 Å². The van der Waals surface area contributed by atoms with Crippen LogP contribution in [-0.2, 0) is 17.8 Å². The van der Waals surface area contributed by atoms with Crippen molar-refractivity contribution < 1.29 is 4.74 Å². The Morgan fingerprint density at radius 1 is 1.50 bits per heavy atom. The number of nitrogens with zero attached hydrogens (tertiary/aromatic N) is 3. The standard InChI is InChI=1S/C13H24N4O/c1-13(2)11-16(5-4-14-13)9-12-8-15-17(10-12)6-7-18-3/h8,10,14H,4-7,9,11H2,1-3H3. The number of rotatable bonds is 5. The van der Waals surface area contributed by atoms with Crippen LogP contribution >= 0.6 is 0 Å². The summed E-state index contributed by atoms with van der Waals surface area (Å²) in [5.74, 6) is 0. The first-order valence-corrected chi connectivity index (χ1v) is 6.57. The van der Waals surface area contributed by atoms with Crippen molar-refractivity contribution >= 4 is 0 Å². The van der Waals surface area contributed by atoms with Crippen LogP contribution in [-0.4, -0.2) is 53.6 Å². The molecule has 1 aliphatic rings. The molecule has 0 radical (unpaired) electrons. The summed E-state index contributed by atoms with van der Waals surface area (Å²) in [6.45, 7) is 10.3. The molecule has 0 spiro atoms. The van der Waals surface area contributed by atoms with Crippen LogP contribution in [0.4, 0.5) is 0 Å². The Kier molecular flexibility index (Phi) is 4.37. The number of hydrogen-bond donors (Lipinski definition) is 1. The molecule has 0 aliphatic carbocycles. The fraction of sp³-hybridized carbons (Fsp3) is 0.769. The zero-order valence-electron chi connectivity index (χ0n) is 11.6. The molecule has 1 aliphatic heterocycles. The second kappa shape index (κ2) is 5.82. The van der Waals surface area contributed by atoms with E-state index in [1.807, 2.05) is 10.9 Å². The number of piperazine rings is 1. The van der Waals surface area contributed by atoms with E-state index in [0.29, 0.717) is 6.61 Å². The Bertz CT molecular complexity index is 375. The van der Waals surface area contributed by atoms with E-state index in [1.165, 1.54) is 5.56 Å². The summed E-state index contributed by atoms with van der Waals surface area (Å²) in [5, 5.41) is 7.88. The van der Waals surface area contributed by atoms with Crippen molar-refractivity contribution in [1.29, 1.82) is 0 Å². The minimum absolute atomic E-state index is 0.213. The van der Waals surface area contributed by atoms with Crippen LogP contribution in [0.3, 0.4) is 0 Å². The summed E-state index contributed by atoms with van der Waals surface area (Å²) < 4.78 is 7.00. The lowest BCUT2D eigenvalue weighted by Gasteiger charge is -2.38. The number of hydrogen-bond acceptors (Lipinski definition) is 4. The Labute approximate surface area is 109 Å². The van der Waals surface area contributed by atoms with Gasteiger partial charge in [-0.2, -0.15) is 5.10 Å². The van der Waals surface area contributed by atoms with Crippen molar-refractivity contribution in [2.75, 3.05) is 33.4 Å². The summed E-state index contributed by atoms with van der Waals surface area (Å²) in [5.41, 5.74) is 1.49. The summed E-state index contributed by atoms with van der Waals surface area (Å²) in [6.07, 6.45) is 4.08. The van der Waals surface area contributed by atoms with Crippen molar-refractivity contribution in [3.63, 3.8) is 0 Å². The first-order valence-electron chi connectivity index (χ1n) is 6.57. The molecule has 1 fully saturated rings. The van der Waals surface area contributed by atoms with E-state index in [4.69, 9.17) is 4.74 Å². The lowest BCUT2D eigenvalue weighted by molar-refractivity contribution is 0.148. The molecule has 1 aromatic heterocycles. The van der Waals surface area contributed by atoms with Gasteiger partial charge in [-0.05, 0) is 13.8 Å². The molecule has 0 aromatic carbocycles. The van der Waals surface area contributed by atoms with Crippen molar-refractivity contribution in [2.24, 2.45) is 0 Å². The molecule has 0 atom stereocenters. The van der Waals surface area contributed by atoms with Crippen molar-refractivity contribution in [2.45, 2.75) is 32.5 Å². The molecule has 1 saturated heterocycles. The van der Waals surface area contributed by atoms with Crippen molar-refractivity contribution in [3.8, 4) is 0 Å². The van der Waals surface area contributed by atoms with Crippen LogP contribution in [0, 0.1) is 0 Å². The third-order valence-corrected chi connectivity index (χ3v) is 3.27. The van der Waals surface area contributed by atoms with Crippen LogP contribution in [0.1, 0.15) is 19.4 Å². The highest BCUT2D eigenvalue weighted by Gasteiger charge is 2.25. The quantitative estimate of drug-likeness (QED) is 0.838. The Hall–Kier alpha value is -0.910. The third kappa shape index (κ3) is 3.80. The third-order valence-electron chi connectivity index (χ3n) is 3.27. The molecule has 102 valence electrons. The van der Waals surface area contributed by atoms with E-state index in [2.05, 4.69) is 35.4 Å². The van der Waals surface area contributed by atoms with Gasteiger partial charge in [0.05, 0.1) is 19.3 Å². The molecule has 5 heteroatoms. The Balaban J connectivity index is 1.87.